The number of nitrogens with zero attached hydrogens (tertiary/aromatic N) is 2. The lowest BCUT2D eigenvalue weighted by Gasteiger charge is -2.34. The number of fused-ring (bicyclic) bond motifs is 1. The maximum atomic E-state index is 12.7. The molecule has 0 unspecified atom stereocenters. The minimum Gasteiger partial charge on any atom is -0.497 e. The lowest BCUT2D eigenvalue weighted by Crippen LogP contribution is -2.50. The van der Waals surface area contributed by atoms with E-state index in [1.807, 2.05) is 18.2 Å². The smallest absolute Gasteiger partial charge is 0.256 e. The van der Waals surface area contributed by atoms with Crippen LogP contribution in [0.15, 0.2) is 24.4 Å². The van der Waals surface area contributed by atoms with E-state index < -0.39 is 0 Å². The van der Waals surface area contributed by atoms with Crippen molar-refractivity contribution >= 4 is 22.7 Å². The fraction of sp³-hybridized carbons (Fsp3) is 0.375. The maximum absolute atomic E-state index is 12.7. The van der Waals surface area contributed by atoms with Crippen LogP contribution in [0.25, 0.3) is 10.9 Å². The van der Waals surface area contributed by atoms with Crippen LogP contribution in [0.1, 0.15) is 17.3 Å². The highest BCUT2D eigenvalue weighted by atomic mass is 16.5. The molecule has 0 spiro atoms. The molecular weight excluding hydrogens is 282 g/mol. The first-order valence-corrected chi connectivity index (χ1v) is 7.30. The van der Waals surface area contributed by atoms with Crippen molar-refractivity contribution < 1.29 is 14.3 Å². The summed E-state index contributed by atoms with van der Waals surface area (Å²) in [6, 6.07) is 5.63. The predicted octanol–water partition coefficient (Wildman–Crippen LogP) is 1.48. The van der Waals surface area contributed by atoms with Crippen LogP contribution < -0.4 is 4.74 Å². The Morgan fingerprint density at radius 2 is 1.82 bits per heavy atom. The molecule has 2 aromatic rings. The number of H-pyrrole nitrogens is 1. The molecule has 1 aliphatic rings. The fourth-order valence-electron chi connectivity index (χ4n) is 2.80. The van der Waals surface area contributed by atoms with E-state index >= 15 is 0 Å². The zero-order valence-electron chi connectivity index (χ0n) is 12.8. The third-order valence-electron chi connectivity index (χ3n) is 4.13. The largest absolute Gasteiger partial charge is 0.497 e. The summed E-state index contributed by atoms with van der Waals surface area (Å²) >= 11 is 0. The van der Waals surface area contributed by atoms with E-state index in [-0.39, 0.29) is 11.8 Å². The molecule has 2 amide bonds. The lowest BCUT2D eigenvalue weighted by molar-refractivity contribution is -0.130. The van der Waals surface area contributed by atoms with Gasteiger partial charge in [-0.1, -0.05) is 0 Å². The van der Waals surface area contributed by atoms with Gasteiger partial charge < -0.3 is 19.5 Å². The molecule has 22 heavy (non-hydrogen) atoms. The van der Waals surface area contributed by atoms with Gasteiger partial charge in [0.15, 0.2) is 0 Å². The Bertz CT molecular complexity index is 714. The molecular formula is C16H19N3O3. The number of carbonyl (C=O) groups excluding carboxylic acids is 2. The van der Waals surface area contributed by atoms with Gasteiger partial charge in [-0.15, -0.1) is 0 Å². The standard InChI is InChI=1S/C16H19N3O3/c1-11(20)18-5-7-19(8-6-18)16(21)14-10-17-15-4-3-12(22-2)9-13(14)15/h3-4,9-10,17H,5-8H2,1-2H3. The average molecular weight is 301 g/mol. The zero-order chi connectivity index (χ0) is 15.7. The summed E-state index contributed by atoms with van der Waals surface area (Å²) in [4.78, 5) is 30.7. The number of aromatic amines is 1. The SMILES string of the molecule is COc1ccc2[nH]cc(C(=O)N3CCN(C(C)=O)CC3)c2c1. The molecule has 0 saturated carbocycles. The number of amides is 2. The van der Waals surface area contributed by atoms with Gasteiger partial charge in [-0.05, 0) is 18.2 Å². The van der Waals surface area contributed by atoms with Gasteiger partial charge in [-0.3, -0.25) is 9.59 Å². The van der Waals surface area contributed by atoms with Crippen LogP contribution in [0.2, 0.25) is 0 Å². The summed E-state index contributed by atoms with van der Waals surface area (Å²) in [6.07, 6.45) is 1.74. The molecule has 0 radical (unpaired) electrons. The van der Waals surface area contributed by atoms with E-state index in [1.54, 1.807) is 30.0 Å². The van der Waals surface area contributed by atoms with E-state index in [2.05, 4.69) is 4.98 Å². The van der Waals surface area contributed by atoms with Crippen LogP contribution in [0, 0.1) is 0 Å². The van der Waals surface area contributed by atoms with E-state index in [4.69, 9.17) is 4.74 Å². The number of piperazine rings is 1. The zero-order valence-corrected chi connectivity index (χ0v) is 12.8. The van der Waals surface area contributed by atoms with Crippen LogP contribution in [0.4, 0.5) is 0 Å². The number of nitrogens with one attached hydrogen (secondary N) is 1. The van der Waals surface area contributed by atoms with Crippen LogP contribution in [-0.4, -0.2) is 59.9 Å². The van der Waals surface area contributed by atoms with Crippen molar-refractivity contribution in [2.75, 3.05) is 33.3 Å². The van der Waals surface area contributed by atoms with Crippen molar-refractivity contribution in [3.05, 3.63) is 30.0 Å². The van der Waals surface area contributed by atoms with Crippen LogP contribution in [-0.2, 0) is 4.79 Å². The number of carbonyl (C=O) groups is 2. The first kappa shape index (κ1) is 14.4. The second-order valence-corrected chi connectivity index (χ2v) is 5.41. The molecule has 6 heteroatoms. The molecule has 3 rings (SSSR count). The second-order valence-electron chi connectivity index (χ2n) is 5.41. The molecule has 1 aliphatic heterocycles. The molecule has 1 aromatic carbocycles. The summed E-state index contributed by atoms with van der Waals surface area (Å²) in [5, 5.41) is 0.860. The molecule has 2 heterocycles. The Morgan fingerprint density at radius 1 is 1.14 bits per heavy atom. The number of hydrogen-bond acceptors (Lipinski definition) is 3. The summed E-state index contributed by atoms with van der Waals surface area (Å²) in [7, 11) is 1.61. The van der Waals surface area contributed by atoms with Crippen molar-refractivity contribution in [2.24, 2.45) is 0 Å². The van der Waals surface area contributed by atoms with Gasteiger partial charge in [0.1, 0.15) is 5.75 Å². The number of ether oxygens (including phenoxy) is 1. The van der Waals surface area contributed by atoms with Gasteiger partial charge in [0, 0.05) is 50.2 Å². The minimum atomic E-state index is -0.0114. The van der Waals surface area contributed by atoms with Crippen molar-refractivity contribution in [1.82, 2.24) is 14.8 Å². The fourth-order valence-corrected chi connectivity index (χ4v) is 2.80. The van der Waals surface area contributed by atoms with Gasteiger partial charge in [-0.2, -0.15) is 0 Å². The molecule has 116 valence electrons. The Kier molecular flexibility index (Phi) is 3.75. The number of methoxy groups -OCH3 is 1. The molecule has 1 aromatic heterocycles. The van der Waals surface area contributed by atoms with Crippen molar-refractivity contribution in [2.45, 2.75) is 6.92 Å². The van der Waals surface area contributed by atoms with E-state index in [0.29, 0.717) is 31.7 Å². The Hall–Kier alpha value is -2.50. The first-order chi connectivity index (χ1) is 10.6. The van der Waals surface area contributed by atoms with Crippen LogP contribution in [0.3, 0.4) is 0 Å². The van der Waals surface area contributed by atoms with E-state index in [1.165, 1.54) is 0 Å². The summed E-state index contributed by atoms with van der Waals surface area (Å²) in [5.74, 6) is 0.772. The summed E-state index contributed by atoms with van der Waals surface area (Å²) in [6.45, 7) is 3.87. The average Bonchev–Trinajstić information content (AvgIpc) is 2.97. The van der Waals surface area contributed by atoms with Gasteiger partial charge in [0.2, 0.25) is 5.91 Å². The summed E-state index contributed by atoms with van der Waals surface area (Å²) < 4.78 is 5.23. The lowest BCUT2D eigenvalue weighted by atomic mass is 10.1. The molecule has 6 nitrogen and oxygen atoms in total. The predicted molar refractivity (Wildman–Crippen MR) is 83.0 cm³/mol. The number of aromatic nitrogens is 1. The second kappa shape index (κ2) is 5.71. The highest BCUT2D eigenvalue weighted by molar-refractivity contribution is 6.07. The molecule has 0 bridgehead atoms. The van der Waals surface area contributed by atoms with Gasteiger partial charge in [0.05, 0.1) is 12.7 Å². The normalized spacial score (nSPS) is 15.2. The number of benzene rings is 1. The van der Waals surface area contributed by atoms with Crippen molar-refractivity contribution in [3.8, 4) is 5.75 Å². The van der Waals surface area contributed by atoms with Crippen LogP contribution in [0.5, 0.6) is 5.75 Å². The molecule has 1 N–H and O–H groups in total. The molecule has 1 fully saturated rings. The first-order valence-electron chi connectivity index (χ1n) is 7.30. The van der Waals surface area contributed by atoms with Gasteiger partial charge in [-0.25, -0.2) is 0 Å². The van der Waals surface area contributed by atoms with E-state index in [9.17, 15) is 9.59 Å². The monoisotopic (exact) mass is 301 g/mol. The van der Waals surface area contributed by atoms with E-state index in [0.717, 1.165) is 16.7 Å². The highest BCUT2D eigenvalue weighted by Crippen LogP contribution is 2.25. The maximum Gasteiger partial charge on any atom is 0.256 e. The quantitative estimate of drug-likeness (QED) is 0.913. The third-order valence-corrected chi connectivity index (χ3v) is 4.13. The topological polar surface area (TPSA) is 65.6 Å². The minimum absolute atomic E-state index is 0.0114. The Morgan fingerprint density at radius 3 is 2.45 bits per heavy atom. The Labute approximate surface area is 128 Å². The third kappa shape index (κ3) is 2.52. The number of hydrogen-bond donors (Lipinski definition) is 1. The van der Waals surface area contributed by atoms with Crippen molar-refractivity contribution in [3.63, 3.8) is 0 Å². The van der Waals surface area contributed by atoms with Crippen molar-refractivity contribution in [1.29, 1.82) is 0 Å². The van der Waals surface area contributed by atoms with Gasteiger partial charge >= 0.3 is 0 Å². The molecule has 1 saturated heterocycles. The molecule has 0 aliphatic carbocycles. The highest BCUT2D eigenvalue weighted by Gasteiger charge is 2.24. The Balaban J connectivity index is 1.82. The summed E-state index contributed by atoms with van der Waals surface area (Å²) in [5.41, 5.74) is 1.55. The van der Waals surface area contributed by atoms with Gasteiger partial charge in [0.25, 0.3) is 5.91 Å². The molecule has 0 atom stereocenters. The number of rotatable bonds is 2. The van der Waals surface area contributed by atoms with Crippen LogP contribution >= 0.6 is 0 Å².